The van der Waals surface area contributed by atoms with Gasteiger partial charge in [-0.15, -0.1) is 0 Å². The molecule has 100 valence electrons. The normalized spacial score (nSPS) is 10.4. The average molecular weight is 249 g/mol. The Morgan fingerprint density at radius 1 is 1.28 bits per heavy atom. The standard InChI is InChI=1S/C15H23NO2/c1-4-5-6-15(17)16-11-13-7-9-14(10-8-13)18-12(2)3/h7-10,12H,4-6,11H2,1-3H3,(H,16,17). The van der Waals surface area contributed by atoms with Crippen LogP contribution in [0.4, 0.5) is 0 Å². The quantitative estimate of drug-likeness (QED) is 0.805. The van der Waals surface area contributed by atoms with Crippen LogP contribution in [0.3, 0.4) is 0 Å². The molecule has 3 heteroatoms. The first-order chi connectivity index (χ1) is 8.61. The highest BCUT2D eigenvalue weighted by Crippen LogP contribution is 2.13. The third kappa shape index (κ3) is 5.71. The van der Waals surface area contributed by atoms with Gasteiger partial charge in [0.2, 0.25) is 5.91 Å². The van der Waals surface area contributed by atoms with Crippen molar-refractivity contribution >= 4 is 5.91 Å². The SMILES string of the molecule is CCCCC(=O)NCc1ccc(OC(C)C)cc1. The number of ether oxygens (including phenoxy) is 1. The summed E-state index contributed by atoms with van der Waals surface area (Å²) in [5.41, 5.74) is 1.09. The van der Waals surface area contributed by atoms with E-state index >= 15 is 0 Å². The van der Waals surface area contributed by atoms with Crippen molar-refractivity contribution in [2.75, 3.05) is 0 Å². The van der Waals surface area contributed by atoms with Crippen LogP contribution in [0.5, 0.6) is 5.75 Å². The van der Waals surface area contributed by atoms with Crippen molar-refractivity contribution < 1.29 is 9.53 Å². The lowest BCUT2D eigenvalue weighted by Gasteiger charge is -2.10. The first-order valence-electron chi connectivity index (χ1n) is 6.64. The Morgan fingerprint density at radius 2 is 1.94 bits per heavy atom. The molecular weight excluding hydrogens is 226 g/mol. The maximum Gasteiger partial charge on any atom is 0.220 e. The van der Waals surface area contributed by atoms with Crippen LogP contribution in [0.15, 0.2) is 24.3 Å². The summed E-state index contributed by atoms with van der Waals surface area (Å²) in [6.07, 6.45) is 2.80. The lowest BCUT2D eigenvalue weighted by molar-refractivity contribution is -0.121. The molecule has 18 heavy (non-hydrogen) atoms. The van der Waals surface area contributed by atoms with Gasteiger partial charge in [-0.3, -0.25) is 4.79 Å². The Bertz CT molecular complexity index is 357. The molecule has 0 aliphatic carbocycles. The van der Waals surface area contributed by atoms with E-state index in [0.29, 0.717) is 13.0 Å². The van der Waals surface area contributed by atoms with Gasteiger partial charge >= 0.3 is 0 Å². The second-order valence-electron chi connectivity index (χ2n) is 4.69. The Labute approximate surface area is 110 Å². The zero-order valence-corrected chi connectivity index (χ0v) is 11.5. The number of nitrogens with one attached hydrogen (secondary N) is 1. The lowest BCUT2D eigenvalue weighted by Crippen LogP contribution is -2.22. The molecule has 1 aromatic rings. The van der Waals surface area contributed by atoms with Crippen molar-refractivity contribution in [3.63, 3.8) is 0 Å². The Hall–Kier alpha value is -1.51. The Balaban J connectivity index is 2.37. The first kappa shape index (κ1) is 14.6. The zero-order chi connectivity index (χ0) is 13.4. The summed E-state index contributed by atoms with van der Waals surface area (Å²) in [5.74, 6) is 0.991. The monoisotopic (exact) mass is 249 g/mol. The number of hydrogen-bond acceptors (Lipinski definition) is 2. The summed E-state index contributed by atoms with van der Waals surface area (Å²) < 4.78 is 5.56. The molecule has 0 fully saturated rings. The molecule has 0 bridgehead atoms. The third-order valence-electron chi connectivity index (χ3n) is 2.54. The van der Waals surface area contributed by atoms with E-state index in [1.807, 2.05) is 38.1 Å². The van der Waals surface area contributed by atoms with E-state index in [2.05, 4.69) is 12.2 Å². The number of hydrogen-bond donors (Lipinski definition) is 1. The van der Waals surface area contributed by atoms with Gasteiger partial charge in [0.25, 0.3) is 0 Å². The highest BCUT2D eigenvalue weighted by Gasteiger charge is 2.01. The van der Waals surface area contributed by atoms with Crippen LogP contribution >= 0.6 is 0 Å². The topological polar surface area (TPSA) is 38.3 Å². The van der Waals surface area contributed by atoms with E-state index in [4.69, 9.17) is 4.74 Å². The fourth-order valence-corrected chi connectivity index (χ4v) is 1.58. The second kappa shape index (κ2) is 7.75. The van der Waals surface area contributed by atoms with Crippen molar-refractivity contribution in [1.82, 2.24) is 5.32 Å². The highest BCUT2D eigenvalue weighted by atomic mass is 16.5. The zero-order valence-electron chi connectivity index (χ0n) is 11.5. The maximum absolute atomic E-state index is 11.5. The molecule has 0 aromatic heterocycles. The van der Waals surface area contributed by atoms with Gasteiger partial charge in [0, 0.05) is 13.0 Å². The van der Waals surface area contributed by atoms with Crippen LogP contribution in [0.25, 0.3) is 0 Å². The van der Waals surface area contributed by atoms with Crippen molar-refractivity contribution in [1.29, 1.82) is 0 Å². The number of benzene rings is 1. The molecule has 0 saturated carbocycles. The van der Waals surface area contributed by atoms with E-state index in [-0.39, 0.29) is 12.0 Å². The molecular formula is C15H23NO2. The molecule has 0 heterocycles. The molecule has 0 unspecified atom stereocenters. The van der Waals surface area contributed by atoms with Crippen LogP contribution in [0.1, 0.15) is 45.6 Å². The lowest BCUT2D eigenvalue weighted by atomic mass is 10.2. The largest absolute Gasteiger partial charge is 0.491 e. The van der Waals surface area contributed by atoms with Gasteiger partial charge in [0.15, 0.2) is 0 Å². The van der Waals surface area contributed by atoms with Crippen molar-refractivity contribution in [2.45, 2.75) is 52.7 Å². The molecule has 0 aliphatic rings. The number of rotatable bonds is 7. The number of carbonyl (C=O) groups is 1. The van der Waals surface area contributed by atoms with Gasteiger partial charge in [-0.05, 0) is 38.0 Å². The minimum atomic E-state index is 0.124. The summed E-state index contributed by atoms with van der Waals surface area (Å²) in [6, 6.07) is 7.84. The van der Waals surface area contributed by atoms with Crippen LogP contribution in [-0.2, 0) is 11.3 Å². The van der Waals surface area contributed by atoms with Crippen LogP contribution in [-0.4, -0.2) is 12.0 Å². The summed E-state index contributed by atoms with van der Waals surface area (Å²) in [5, 5.41) is 2.91. The molecule has 0 spiro atoms. The van der Waals surface area contributed by atoms with Gasteiger partial charge in [-0.2, -0.15) is 0 Å². The fourth-order valence-electron chi connectivity index (χ4n) is 1.58. The van der Waals surface area contributed by atoms with Gasteiger partial charge in [-0.25, -0.2) is 0 Å². The van der Waals surface area contributed by atoms with E-state index < -0.39 is 0 Å². The fraction of sp³-hybridized carbons (Fsp3) is 0.533. The average Bonchev–Trinajstić information content (AvgIpc) is 2.35. The third-order valence-corrected chi connectivity index (χ3v) is 2.54. The van der Waals surface area contributed by atoms with Crippen molar-refractivity contribution in [2.24, 2.45) is 0 Å². The van der Waals surface area contributed by atoms with E-state index in [1.165, 1.54) is 0 Å². The van der Waals surface area contributed by atoms with Gasteiger partial charge in [0.05, 0.1) is 6.10 Å². The predicted molar refractivity (Wildman–Crippen MR) is 73.6 cm³/mol. The minimum Gasteiger partial charge on any atom is -0.491 e. The minimum absolute atomic E-state index is 0.124. The Morgan fingerprint density at radius 3 is 2.50 bits per heavy atom. The molecule has 3 nitrogen and oxygen atoms in total. The molecule has 0 radical (unpaired) electrons. The van der Waals surface area contributed by atoms with Gasteiger partial charge < -0.3 is 10.1 Å². The van der Waals surface area contributed by atoms with Gasteiger partial charge in [-0.1, -0.05) is 25.5 Å². The summed E-state index contributed by atoms with van der Waals surface area (Å²) in [7, 11) is 0. The second-order valence-corrected chi connectivity index (χ2v) is 4.69. The van der Waals surface area contributed by atoms with Crippen LogP contribution in [0, 0.1) is 0 Å². The van der Waals surface area contributed by atoms with Crippen LogP contribution in [0.2, 0.25) is 0 Å². The smallest absolute Gasteiger partial charge is 0.220 e. The molecule has 1 rings (SSSR count). The predicted octanol–water partition coefficient (Wildman–Crippen LogP) is 3.28. The van der Waals surface area contributed by atoms with Crippen molar-refractivity contribution in [3.05, 3.63) is 29.8 Å². The number of carbonyl (C=O) groups excluding carboxylic acids is 1. The van der Waals surface area contributed by atoms with E-state index in [0.717, 1.165) is 24.2 Å². The van der Waals surface area contributed by atoms with Crippen LogP contribution < -0.4 is 10.1 Å². The highest BCUT2D eigenvalue weighted by molar-refractivity contribution is 5.75. The van der Waals surface area contributed by atoms with E-state index in [9.17, 15) is 4.79 Å². The van der Waals surface area contributed by atoms with Gasteiger partial charge in [0.1, 0.15) is 5.75 Å². The number of amides is 1. The molecule has 1 aromatic carbocycles. The molecule has 1 amide bonds. The molecule has 0 saturated heterocycles. The summed E-state index contributed by atoms with van der Waals surface area (Å²) >= 11 is 0. The first-order valence-corrected chi connectivity index (χ1v) is 6.64. The molecule has 0 aliphatic heterocycles. The van der Waals surface area contributed by atoms with Crippen molar-refractivity contribution in [3.8, 4) is 5.75 Å². The molecule has 1 N–H and O–H groups in total. The maximum atomic E-state index is 11.5. The molecule has 0 atom stereocenters. The summed E-state index contributed by atoms with van der Waals surface area (Å²) in [4.78, 5) is 11.5. The summed E-state index contributed by atoms with van der Waals surface area (Å²) in [6.45, 7) is 6.68. The number of unbranched alkanes of at least 4 members (excludes halogenated alkanes) is 1. The Kier molecular flexibility index (Phi) is 6.26. The van der Waals surface area contributed by atoms with E-state index in [1.54, 1.807) is 0 Å².